The maximum absolute atomic E-state index is 4.51. The molecular weight excluding hydrogens is 208 g/mol. The first kappa shape index (κ1) is 9.69. The summed E-state index contributed by atoms with van der Waals surface area (Å²) >= 11 is 0. The molecule has 2 heterocycles. The van der Waals surface area contributed by atoms with Crippen molar-refractivity contribution in [2.75, 3.05) is 24.5 Å². The van der Waals surface area contributed by atoms with Gasteiger partial charge in [-0.05, 0) is 30.2 Å². The van der Waals surface area contributed by atoms with Gasteiger partial charge in [0.1, 0.15) is 0 Å². The minimum atomic E-state index is 0.827. The SMILES string of the molecule is C1=NCCN2CC3CCCC3c3cccc1c32. The molecule has 1 fully saturated rings. The van der Waals surface area contributed by atoms with Gasteiger partial charge in [0.2, 0.25) is 0 Å². The Hall–Kier alpha value is -1.31. The summed E-state index contributed by atoms with van der Waals surface area (Å²) in [5.74, 6) is 1.73. The van der Waals surface area contributed by atoms with E-state index in [1.807, 2.05) is 0 Å². The van der Waals surface area contributed by atoms with Crippen molar-refractivity contribution in [1.29, 1.82) is 0 Å². The summed E-state index contributed by atoms with van der Waals surface area (Å²) in [5.41, 5.74) is 4.44. The van der Waals surface area contributed by atoms with Gasteiger partial charge in [0.15, 0.2) is 0 Å². The maximum Gasteiger partial charge on any atom is 0.0565 e. The fourth-order valence-corrected chi connectivity index (χ4v) is 3.93. The molecule has 0 amide bonds. The van der Waals surface area contributed by atoms with E-state index >= 15 is 0 Å². The van der Waals surface area contributed by atoms with E-state index in [4.69, 9.17) is 0 Å². The monoisotopic (exact) mass is 226 g/mol. The van der Waals surface area contributed by atoms with Crippen molar-refractivity contribution in [1.82, 2.24) is 0 Å². The van der Waals surface area contributed by atoms with E-state index in [0.29, 0.717) is 0 Å². The van der Waals surface area contributed by atoms with E-state index < -0.39 is 0 Å². The van der Waals surface area contributed by atoms with Crippen LogP contribution in [0.3, 0.4) is 0 Å². The average molecular weight is 226 g/mol. The van der Waals surface area contributed by atoms with Gasteiger partial charge in [-0.15, -0.1) is 0 Å². The zero-order valence-electron chi connectivity index (χ0n) is 10.1. The first-order valence-corrected chi connectivity index (χ1v) is 6.81. The first-order chi connectivity index (χ1) is 8.43. The van der Waals surface area contributed by atoms with E-state index in [0.717, 1.165) is 24.9 Å². The highest BCUT2D eigenvalue weighted by molar-refractivity contribution is 5.90. The Morgan fingerprint density at radius 2 is 2.24 bits per heavy atom. The number of hydrogen-bond donors (Lipinski definition) is 0. The molecule has 4 rings (SSSR count). The zero-order valence-corrected chi connectivity index (χ0v) is 10.1. The predicted molar refractivity (Wildman–Crippen MR) is 71.2 cm³/mol. The van der Waals surface area contributed by atoms with Crippen LogP contribution in [0.15, 0.2) is 23.2 Å². The average Bonchev–Trinajstić information content (AvgIpc) is 2.73. The highest BCUT2D eigenvalue weighted by Crippen LogP contribution is 2.48. The van der Waals surface area contributed by atoms with Crippen LogP contribution in [0.5, 0.6) is 0 Å². The second-order valence-electron chi connectivity index (χ2n) is 5.56. The molecule has 3 aliphatic rings. The number of anilines is 1. The normalized spacial score (nSPS) is 29.8. The van der Waals surface area contributed by atoms with Gasteiger partial charge in [0.05, 0.1) is 6.54 Å². The molecule has 0 spiro atoms. The minimum absolute atomic E-state index is 0.827. The lowest BCUT2D eigenvalue weighted by Crippen LogP contribution is -2.37. The number of rotatable bonds is 0. The highest BCUT2D eigenvalue weighted by atomic mass is 15.2. The molecule has 0 bridgehead atoms. The molecule has 0 radical (unpaired) electrons. The van der Waals surface area contributed by atoms with Crippen molar-refractivity contribution in [3.8, 4) is 0 Å². The minimum Gasteiger partial charge on any atom is -0.369 e. The highest BCUT2D eigenvalue weighted by Gasteiger charge is 2.37. The number of para-hydroxylation sites is 1. The number of nitrogens with zero attached hydrogens (tertiary/aromatic N) is 2. The van der Waals surface area contributed by atoms with E-state index in [2.05, 4.69) is 34.3 Å². The molecule has 0 saturated heterocycles. The summed E-state index contributed by atoms with van der Waals surface area (Å²) in [6.07, 6.45) is 6.31. The topological polar surface area (TPSA) is 15.6 Å². The quantitative estimate of drug-likeness (QED) is 0.664. The van der Waals surface area contributed by atoms with E-state index in [1.165, 1.54) is 37.1 Å². The molecular formula is C15H18N2. The summed E-state index contributed by atoms with van der Waals surface area (Å²) < 4.78 is 0. The van der Waals surface area contributed by atoms with Crippen LogP contribution in [0.25, 0.3) is 0 Å². The number of hydrogen-bond acceptors (Lipinski definition) is 2. The second-order valence-corrected chi connectivity index (χ2v) is 5.56. The Bertz CT molecular complexity index is 478. The zero-order chi connectivity index (χ0) is 11.2. The number of fused-ring (bicyclic) bond motifs is 2. The number of aliphatic imine (C=N–C) groups is 1. The van der Waals surface area contributed by atoms with Gasteiger partial charge in [-0.3, -0.25) is 4.99 Å². The van der Waals surface area contributed by atoms with Crippen LogP contribution in [-0.2, 0) is 0 Å². The Labute approximate surface area is 102 Å². The molecule has 1 aromatic carbocycles. The number of benzene rings is 1. The van der Waals surface area contributed by atoms with Crippen LogP contribution in [-0.4, -0.2) is 25.8 Å². The van der Waals surface area contributed by atoms with Crippen LogP contribution in [0, 0.1) is 5.92 Å². The van der Waals surface area contributed by atoms with Crippen molar-refractivity contribution in [3.63, 3.8) is 0 Å². The summed E-state index contributed by atoms with van der Waals surface area (Å²) in [6.45, 7) is 3.31. The third-order valence-corrected chi connectivity index (χ3v) is 4.66. The first-order valence-electron chi connectivity index (χ1n) is 6.81. The van der Waals surface area contributed by atoms with Crippen LogP contribution >= 0.6 is 0 Å². The van der Waals surface area contributed by atoms with Gasteiger partial charge >= 0.3 is 0 Å². The van der Waals surface area contributed by atoms with Crippen molar-refractivity contribution in [3.05, 3.63) is 29.3 Å². The van der Waals surface area contributed by atoms with E-state index in [-0.39, 0.29) is 0 Å². The van der Waals surface area contributed by atoms with Crippen LogP contribution in [0.1, 0.15) is 36.3 Å². The van der Waals surface area contributed by atoms with E-state index in [1.54, 1.807) is 5.56 Å². The molecule has 2 heteroatoms. The van der Waals surface area contributed by atoms with Gasteiger partial charge in [-0.2, -0.15) is 0 Å². The lowest BCUT2D eigenvalue weighted by atomic mass is 9.82. The van der Waals surface area contributed by atoms with Crippen molar-refractivity contribution < 1.29 is 0 Å². The fraction of sp³-hybridized carbons (Fsp3) is 0.533. The maximum atomic E-state index is 4.51. The molecule has 1 aliphatic carbocycles. The van der Waals surface area contributed by atoms with Crippen molar-refractivity contribution >= 4 is 11.9 Å². The third kappa shape index (κ3) is 1.36. The standard InChI is InChI=1S/C15H18N2/c1-3-11-9-16-7-8-17-10-12-4-2-5-13(12)14(6-1)15(11)17/h1,3,6,9,12-13H,2,4-5,7-8,10H2. The van der Waals surface area contributed by atoms with Crippen molar-refractivity contribution in [2.45, 2.75) is 25.2 Å². The second kappa shape index (κ2) is 3.59. The third-order valence-electron chi connectivity index (χ3n) is 4.66. The molecule has 2 atom stereocenters. The Balaban J connectivity index is 1.91. The van der Waals surface area contributed by atoms with Gasteiger partial charge in [-0.1, -0.05) is 24.6 Å². The Morgan fingerprint density at radius 1 is 1.24 bits per heavy atom. The fourth-order valence-electron chi connectivity index (χ4n) is 3.93. The Morgan fingerprint density at radius 3 is 3.24 bits per heavy atom. The summed E-state index contributed by atoms with van der Waals surface area (Å²) in [4.78, 5) is 7.09. The summed E-state index contributed by atoms with van der Waals surface area (Å²) in [7, 11) is 0. The molecule has 2 aliphatic heterocycles. The molecule has 2 nitrogen and oxygen atoms in total. The predicted octanol–water partition coefficient (Wildman–Crippen LogP) is 2.82. The molecule has 88 valence electrons. The lowest BCUT2D eigenvalue weighted by Gasteiger charge is -2.38. The largest absolute Gasteiger partial charge is 0.369 e. The smallest absolute Gasteiger partial charge is 0.0565 e. The van der Waals surface area contributed by atoms with Crippen LogP contribution in [0.2, 0.25) is 0 Å². The molecule has 0 N–H and O–H groups in total. The van der Waals surface area contributed by atoms with Gasteiger partial charge in [-0.25, -0.2) is 0 Å². The van der Waals surface area contributed by atoms with Gasteiger partial charge in [0.25, 0.3) is 0 Å². The van der Waals surface area contributed by atoms with Gasteiger partial charge in [0, 0.05) is 30.6 Å². The van der Waals surface area contributed by atoms with Crippen LogP contribution in [0.4, 0.5) is 5.69 Å². The molecule has 1 aromatic rings. The molecule has 0 aromatic heterocycles. The lowest BCUT2D eigenvalue weighted by molar-refractivity contribution is 0.455. The summed E-state index contributed by atoms with van der Waals surface area (Å²) in [6, 6.07) is 6.79. The van der Waals surface area contributed by atoms with Crippen LogP contribution < -0.4 is 4.90 Å². The Kier molecular flexibility index (Phi) is 2.05. The molecule has 17 heavy (non-hydrogen) atoms. The summed E-state index contributed by atoms with van der Waals surface area (Å²) in [5, 5.41) is 0. The van der Waals surface area contributed by atoms with Crippen molar-refractivity contribution in [2.24, 2.45) is 10.9 Å². The van der Waals surface area contributed by atoms with Gasteiger partial charge < -0.3 is 4.90 Å². The molecule has 1 saturated carbocycles. The van der Waals surface area contributed by atoms with E-state index in [9.17, 15) is 0 Å². The molecule has 2 unspecified atom stereocenters.